The number of aryl methyl sites for hydroxylation is 1. The van der Waals surface area contributed by atoms with Crippen molar-refractivity contribution in [3.05, 3.63) is 64.7 Å². The van der Waals surface area contributed by atoms with Crippen LogP contribution in [0.25, 0.3) is 0 Å². The summed E-state index contributed by atoms with van der Waals surface area (Å²) in [4.78, 5) is 33.7. The highest BCUT2D eigenvalue weighted by Gasteiger charge is 2.34. The maximum absolute atomic E-state index is 12.6. The Hall–Kier alpha value is -2.95. The van der Waals surface area contributed by atoms with E-state index in [-0.39, 0.29) is 11.9 Å². The highest BCUT2D eigenvalue weighted by molar-refractivity contribution is 6.00. The van der Waals surface area contributed by atoms with Crippen molar-refractivity contribution in [1.29, 1.82) is 0 Å². The minimum atomic E-state index is -0.366. The van der Waals surface area contributed by atoms with E-state index in [2.05, 4.69) is 19.1 Å². The van der Waals surface area contributed by atoms with Crippen molar-refractivity contribution in [2.45, 2.75) is 45.9 Å². The molecule has 2 aromatic rings. The number of hydrogen-bond acceptors (Lipinski definition) is 4. The van der Waals surface area contributed by atoms with E-state index in [1.54, 1.807) is 4.90 Å². The van der Waals surface area contributed by atoms with Crippen LogP contribution in [0.5, 0.6) is 5.75 Å². The van der Waals surface area contributed by atoms with Gasteiger partial charge in [0.2, 0.25) is 0 Å². The zero-order valence-corrected chi connectivity index (χ0v) is 15.8. The quantitative estimate of drug-likeness (QED) is 0.700. The Morgan fingerprint density at radius 2 is 1.89 bits per heavy atom. The molecular weight excluding hydrogens is 342 g/mol. The first-order chi connectivity index (χ1) is 13.1. The first-order valence-electron chi connectivity index (χ1n) is 8.99. The smallest absolute Gasteiger partial charge is 0.255 e. The topological polar surface area (TPSA) is 63.7 Å². The van der Waals surface area contributed by atoms with Crippen LogP contribution in [0, 0.1) is 6.92 Å². The molecule has 0 N–H and O–H groups in total. The van der Waals surface area contributed by atoms with E-state index >= 15 is 0 Å². The lowest BCUT2D eigenvalue weighted by Gasteiger charge is -2.22. The molecule has 5 heteroatoms. The molecule has 0 radical (unpaired) electrons. The molecule has 0 bridgehead atoms. The van der Waals surface area contributed by atoms with Crippen molar-refractivity contribution in [2.24, 2.45) is 0 Å². The van der Waals surface area contributed by atoms with Gasteiger partial charge in [-0.15, -0.1) is 0 Å². The predicted molar refractivity (Wildman–Crippen MR) is 104 cm³/mol. The summed E-state index contributed by atoms with van der Waals surface area (Å²) in [5, 5.41) is 0. The van der Waals surface area contributed by atoms with Gasteiger partial charge in [-0.3, -0.25) is 4.79 Å². The molecule has 2 aromatic carbocycles. The standard InChI is InChI=1S/C21H23NO3.CH2O/c1-3-5-17(13-23)22-12-19-18(21(22)24)6-4-7-20(19)25-14-16-10-8-15(2)9-11-16;1-2/h4,6-11,13,17H,3,5,12,14H2,1-2H3;1H2. The van der Waals surface area contributed by atoms with E-state index in [1.807, 2.05) is 44.0 Å². The Morgan fingerprint density at radius 3 is 2.52 bits per heavy atom. The van der Waals surface area contributed by atoms with Crippen molar-refractivity contribution in [2.75, 3.05) is 0 Å². The van der Waals surface area contributed by atoms with Crippen LogP contribution in [0.1, 0.15) is 46.8 Å². The number of carbonyl (C=O) groups is 3. The van der Waals surface area contributed by atoms with Gasteiger partial charge in [0.05, 0.1) is 12.6 Å². The lowest BCUT2D eigenvalue weighted by Crippen LogP contribution is -2.36. The van der Waals surface area contributed by atoms with E-state index in [1.165, 1.54) is 5.56 Å². The normalized spacial score (nSPS) is 13.4. The number of amides is 1. The third kappa shape index (κ3) is 4.61. The summed E-state index contributed by atoms with van der Waals surface area (Å²) >= 11 is 0. The molecule has 1 amide bonds. The monoisotopic (exact) mass is 367 g/mol. The maximum atomic E-state index is 12.6. The molecule has 1 aliphatic rings. The van der Waals surface area contributed by atoms with Crippen molar-refractivity contribution in [1.82, 2.24) is 4.90 Å². The first kappa shape index (κ1) is 20.4. The highest BCUT2D eigenvalue weighted by Crippen LogP contribution is 2.33. The Morgan fingerprint density at radius 1 is 1.19 bits per heavy atom. The second-order valence-corrected chi connectivity index (χ2v) is 6.48. The van der Waals surface area contributed by atoms with Gasteiger partial charge >= 0.3 is 0 Å². The van der Waals surface area contributed by atoms with Crippen LogP contribution in [0.3, 0.4) is 0 Å². The van der Waals surface area contributed by atoms with Crippen molar-refractivity contribution >= 4 is 19.0 Å². The third-order valence-electron chi connectivity index (χ3n) is 4.61. The summed E-state index contributed by atoms with van der Waals surface area (Å²) in [6.45, 7) is 6.95. The van der Waals surface area contributed by atoms with Gasteiger partial charge in [-0.2, -0.15) is 0 Å². The van der Waals surface area contributed by atoms with Gasteiger partial charge < -0.3 is 19.2 Å². The fourth-order valence-corrected chi connectivity index (χ4v) is 3.17. The summed E-state index contributed by atoms with van der Waals surface area (Å²) in [6, 6.07) is 13.4. The molecular formula is C22H25NO4. The SMILES string of the molecule is C=O.CCCC(C=O)N1Cc2c(OCc3ccc(C)cc3)cccc2C1=O. The van der Waals surface area contributed by atoms with Crippen LogP contribution in [0.2, 0.25) is 0 Å². The number of fused-ring (bicyclic) bond motifs is 1. The number of benzene rings is 2. The van der Waals surface area contributed by atoms with Crippen LogP contribution in [0.4, 0.5) is 0 Å². The molecule has 142 valence electrons. The van der Waals surface area contributed by atoms with Gasteiger partial charge in [0, 0.05) is 11.1 Å². The average Bonchev–Trinajstić information content (AvgIpc) is 3.04. The van der Waals surface area contributed by atoms with E-state index in [4.69, 9.17) is 9.53 Å². The third-order valence-corrected chi connectivity index (χ3v) is 4.61. The Bertz CT molecular complexity index is 785. The van der Waals surface area contributed by atoms with Crippen molar-refractivity contribution in [3.8, 4) is 5.75 Å². The molecule has 0 saturated heterocycles. The van der Waals surface area contributed by atoms with Crippen molar-refractivity contribution in [3.63, 3.8) is 0 Å². The molecule has 0 aromatic heterocycles. The molecule has 1 aliphatic heterocycles. The Kier molecular flexibility index (Phi) is 7.29. The summed E-state index contributed by atoms with van der Waals surface area (Å²) in [6.07, 6.45) is 2.42. The van der Waals surface area contributed by atoms with Crippen LogP contribution in [0.15, 0.2) is 42.5 Å². The van der Waals surface area contributed by atoms with Crippen LogP contribution in [-0.4, -0.2) is 29.9 Å². The Balaban J connectivity index is 0.00000126. The molecule has 27 heavy (non-hydrogen) atoms. The van der Waals surface area contributed by atoms with Gasteiger partial charge in [0.1, 0.15) is 25.4 Å². The minimum Gasteiger partial charge on any atom is -0.489 e. The summed E-state index contributed by atoms with van der Waals surface area (Å²) < 4.78 is 5.98. The number of hydrogen-bond donors (Lipinski definition) is 0. The number of aldehydes is 1. The molecule has 0 saturated carbocycles. The van der Waals surface area contributed by atoms with Gasteiger partial charge in [-0.25, -0.2) is 0 Å². The summed E-state index contributed by atoms with van der Waals surface area (Å²) in [5.74, 6) is 0.636. The van der Waals surface area contributed by atoms with Gasteiger partial charge in [0.25, 0.3) is 5.91 Å². The first-order valence-corrected chi connectivity index (χ1v) is 8.99. The average molecular weight is 367 g/mol. The second kappa shape index (κ2) is 9.67. The number of carbonyl (C=O) groups excluding carboxylic acids is 3. The maximum Gasteiger partial charge on any atom is 0.255 e. The number of ether oxygens (including phenoxy) is 1. The van der Waals surface area contributed by atoms with E-state index < -0.39 is 0 Å². The molecule has 0 aliphatic carbocycles. The Labute approximate surface area is 159 Å². The van der Waals surface area contributed by atoms with Gasteiger partial charge in [0.15, 0.2) is 0 Å². The number of nitrogens with zero attached hydrogens (tertiary/aromatic N) is 1. The molecule has 0 spiro atoms. The lowest BCUT2D eigenvalue weighted by molar-refractivity contribution is -0.112. The lowest BCUT2D eigenvalue weighted by atomic mass is 10.1. The second-order valence-electron chi connectivity index (χ2n) is 6.48. The predicted octanol–water partition coefficient (Wildman–Crippen LogP) is 3.71. The number of rotatable bonds is 7. The molecule has 0 fully saturated rings. The molecule has 1 heterocycles. The van der Waals surface area contributed by atoms with E-state index in [0.717, 1.165) is 29.6 Å². The molecule has 5 nitrogen and oxygen atoms in total. The fraction of sp³-hybridized carbons (Fsp3) is 0.318. The fourth-order valence-electron chi connectivity index (χ4n) is 3.17. The largest absolute Gasteiger partial charge is 0.489 e. The van der Waals surface area contributed by atoms with Crippen LogP contribution >= 0.6 is 0 Å². The van der Waals surface area contributed by atoms with E-state index in [9.17, 15) is 9.59 Å². The van der Waals surface area contributed by atoms with E-state index in [0.29, 0.717) is 25.1 Å². The van der Waals surface area contributed by atoms with Crippen LogP contribution in [-0.2, 0) is 22.7 Å². The molecule has 3 rings (SSSR count). The zero-order chi connectivity index (χ0) is 19.8. The van der Waals surface area contributed by atoms with Gasteiger partial charge in [-0.05, 0) is 31.0 Å². The molecule has 1 unspecified atom stereocenters. The molecule has 1 atom stereocenters. The van der Waals surface area contributed by atoms with Crippen LogP contribution < -0.4 is 4.74 Å². The van der Waals surface area contributed by atoms with Crippen molar-refractivity contribution < 1.29 is 19.1 Å². The zero-order valence-electron chi connectivity index (χ0n) is 15.8. The van der Waals surface area contributed by atoms with Gasteiger partial charge in [-0.1, -0.05) is 49.2 Å². The summed E-state index contributed by atoms with van der Waals surface area (Å²) in [7, 11) is 0. The summed E-state index contributed by atoms with van der Waals surface area (Å²) in [5.41, 5.74) is 3.81. The minimum absolute atomic E-state index is 0.0821. The highest BCUT2D eigenvalue weighted by atomic mass is 16.5.